The van der Waals surface area contributed by atoms with Gasteiger partial charge in [-0.15, -0.1) is 0 Å². The number of aromatic nitrogens is 5. The maximum atomic E-state index is 12.6. The highest BCUT2D eigenvalue weighted by atomic mass is 35.5. The first-order chi connectivity index (χ1) is 14.6. The number of halogens is 1. The molecule has 0 aliphatic carbocycles. The Balaban J connectivity index is 1.47. The average Bonchev–Trinajstić information content (AvgIpc) is 3.44. The summed E-state index contributed by atoms with van der Waals surface area (Å²) in [6.07, 6.45) is 6.52. The van der Waals surface area contributed by atoms with E-state index >= 15 is 0 Å². The highest BCUT2D eigenvalue weighted by Gasteiger charge is 2.13. The first kappa shape index (κ1) is 20.0. The zero-order valence-electron chi connectivity index (χ0n) is 15.9. The van der Waals surface area contributed by atoms with Gasteiger partial charge in [0.25, 0.3) is 0 Å². The minimum Gasteiger partial charge on any atom is -0.497 e. The number of methoxy groups -OCH3 is 1. The lowest BCUT2D eigenvalue weighted by atomic mass is 10.2. The molecule has 152 valence electrons. The molecule has 0 aliphatic rings. The van der Waals surface area contributed by atoms with Crippen LogP contribution in [0.15, 0.2) is 72.7 Å². The lowest BCUT2D eigenvalue weighted by molar-refractivity contribution is -0.113. The summed E-state index contributed by atoms with van der Waals surface area (Å²) in [6.45, 7) is 0. The van der Waals surface area contributed by atoms with Crippen molar-refractivity contribution in [1.29, 1.82) is 0 Å². The zero-order chi connectivity index (χ0) is 20.9. The first-order valence-electron chi connectivity index (χ1n) is 8.89. The number of carbonyl (C=O) groups excluding carboxylic acids is 1. The second-order valence-electron chi connectivity index (χ2n) is 6.12. The van der Waals surface area contributed by atoms with Crippen LogP contribution in [-0.4, -0.2) is 43.1 Å². The number of nitrogens with one attached hydrogen (secondary N) is 1. The normalized spacial score (nSPS) is 10.7. The Labute approximate surface area is 181 Å². The van der Waals surface area contributed by atoms with E-state index in [-0.39, 0.29) is 11.7 Å². The molecule has 0 atom stereocenters. The molecule has 0 unspecified atom stereocenters. The SMILES string of the molecule is COc1cccc(-n2ccnc2SCC(=O)Nc2cc(Cl)ccc2-n2cncn2)c1. The van der Waals surface area contributed by atoms with Gasteiger partial charge in [-0.1, -0.05) is 29.4 Å². The van der Waals surface area contributed by atoms with Gasteiger partial charge in [0.15, 0.2) is 5.16 Å². The van der Waals surface area contributed by atoms with Crippen LogP contribution in [0.4, 0.5) is 5.69 Å². The minimum atomic E-state index is -0.191. The van der Waals surface area contributed by atoms with Crippen LogP contribution in [0.2, 0.25) is 5.02 Å². The largest absolute Gasteiger partial charge is 0.497 e. The van der Waals surface area contributed by atoms with E-state index in [2.05, 4.69) is 20.4 Å². The van der Waals surface area contributed by atoms with Crippen LogP contribution in [0.5, 0.6) is 5.75 Å². The van der Waals surface area contributed by atoms with Gasteiger partial charge in [0, 0.05) is 23.5 Å². The van der Waals surface area contributed by atoms with Crippen LogP contribution in [0.25, 0.3) is 11.4 Å². The number of hydrogen-bond acceptors (Lipinski definition) is 6. The Bertz CT molecular complexity index is 1160. The molecule has 4 rings (SSSR count). The van der Waals surface area contributed by atoms with Gasteiger partial charge in [0.05, 0.1) is 29.9 Å². The highest BCUT2D eigenvalue weighted by molar-refractivity contribution is 7.99. The average molecular weight is 441 g/mol. The van der Waals surface area contributed by atoms with Crippen molar-refractivity contribution < 1.29 is 9.53 Å². The van der Waals surface area contributed by atoms with E-state index in [1.54, 1.807) is 42.5 Å². The Hall–Kier alpha value is -3.30. The predicted octanol–water partition coefficient (Wildman–Crippen LogP) is 3.85. The third-order valence-corrected chi connectivity index (χ3v) is 5.37. The fourth-order valence-electron chi connectivity index (χ4n) is 2.81. The number of imidazole rings is 1. The van der Waals surface area contributed by atoms with Gasteiger partial charge in [-0.25, -0.2) is 14.6 Å². The molecule has 2 heterocycles. The van der Waals surface area contributed by atoms with Gasteiger partial charge >= 0.3 is 0 Å². The Morgan fingerprint density at radius 1 is 1.27 bits per heavy atom. The monoisotopic (exact) mass is 440 g/mol. The van der Waals surface area contributed by atoms with Crippen molar-refractivity contribution in [2.75, 3.05) is 18.2 Å². The molecular formula is C20H17ClN6O2S. The number of benzene rings is 2. The van der Waals surface area contributed by atoms with Crippen LogP contribution in [0.3, 0.4) is 0 Å². The Kier molecular flexibility index (Phi) is 6.01. The molecule has 8 nitrogen and oxygen atoms in total. The van der Waals surface area contributed by atoms with Crippen LogP contribution in [-0.2, 0) is 4.79 Å². The molecule has 2 aromatic heterocycles. The van der Waals surface area contributed by atoms with Crippen molar-refractivity contribution in [3.8, 4) is 17.1 Å². The zero-order valence-corrected chi connectivity index (χ0v) is 17.5. The Morgan fingerprint density at radius 3 is 2.97 bits per heavy atom. The lowest BCUT2D eigenvalue weighted by Crippen LogP contribution is -2.16. The molecule has 2 aromatic carbocycles. The van der Waals surface area contributed by atoms with Gasteiger partial charge in [0.1, 0.15) is 18.4 Å². The van der Waals surface area contributed by atoms with Crippen molar-refractivity contribution in [1.82, 2.24) is 24.3 Å². The van der Waals surface area contributed by atoms with Crippen LogP contribution in [0, 0.1) is 0 Å². The summed E-state index contributed by atoms with van der Waals surface area (Å²) in [5, 5.41) is 8.21. The second-order valence-corrected chi connectivity index (χ2v) is 7.50. The Morgan fingerprint density at radius 2 is 2.17 bits per heavy atom. The molecule has 0 saturated heterocycles. The maximum Gasteiger partial charge on any atom is 0.234 e. The summed E-state index contributed by atoms with van der Waals surface area (Å²) in [5.41, 5.74) is 2.13. The summed E-state index contributed by atoms with van der Waals surface area (Å²) >= 11 is 7.44. The number of ether oxygens (including phenoxy) is 1. The number of carbonyl (C=O) groups is 1. The lowest BCUT2D eigenvalue weighted by Gasteiger charge is -2.12. The molecule has 0 radical (unpaired) electrons. The minimum absolute atomic E-state index is 0.171. The second kappa shape index (κ2) is 9.02. The summed E-state index contributed by atoms with van der Waals surface area (Å²) in [6, 6.07) is 12.8. The van der Waals surface area contributed by atoms with E-state index < -0.39 is 0 Å². The van der Waals surface area contributed by atoms with E-state index in [0.29, 0.717) is 21.6 Å². The summed E-state index contributed by atoms with van der Waals surface area (Å²) in [4.78, 5) is 20.9. The predicted molar refractivity (Wildman–Crippen MR) is 116 cm³/mol. The molecule has 0 bridgehead atoms. The van der Waals surface area contributed by atoms with E-state index in [1.807, 2.05) is 35.0 Å². The highest BCUT2D eigenvalue weighted by Crippen LogP contribution is 2.26. The van der Waals surface area contributed by atoms with Gasteiger partial charge in [0.2, 0.25) is 5.91 Å². The molecule has 0 fully saturated rings. The van der Waals surface area contributed by atoms with E-state index in [1.165, 1.54) is 18.1 Å². The summed E-state index contributed by atoms with van der Waals surface area (Å²) < 4.78 is 8.75. The fraction of sp³-hybridized carbons (Fsp3) is 0.100. The quantitative estimate of drug-likeness (QED) is 0.439. The van der Waals surface area contributed by atoms with E-state index in [9.17, 15) is 4.79 Å². The molecule has 10 heteroatoms. The van der Waals surface area contributed by atoms with E-state index in [4.69, 9.17) is 16.3 Å². The molecule has 1 N–H and O–H groups in total. The molecular weight excluding hydrogens is 424 g/mol. The topological polar surface area (TPSA) is 86.9 Å². The van der Waals surface area contributed by atoms with Crippen LogP contribution in [0.1, 0.15) is 0 Å². The number of hydrogen-bond donors (Lipinski definition) is 1. The summed E-state index contributed by atoms with van der Waals surface area (Å²) in [7, 11) is 1.62. The molecule has 0 saturated carbocycles. The van der Waals surface area contributed by atoms with Gasteiger partial charge in [-0.05, 0) is 30.3 Å². The third kappa shape index (κ3) is 4.47. The molecule has 4 aromatic rings. The molecule has 30 heavy (non-hydrogen) atoms. The van der Waals surface area contributed by atoms with Crippen molar-refractivity contribution >= 4 is 35.0 Å². The fourth-order valence-corrected chi connectivity index (χ4v) is 3.76. The number of nitrogens with zero attached hydrogens (tertiary/aromatic N) is 5. The van der Waals surface area contributed by atoms with E-state index in [0.717, 1.165) is 11.4 Å². The number of anilines is 1. The summed E-state index contributed by atoms with van der Waals surface area (Å²) in [5.74, 6) is 0.727. The first-order valence-corrected chi connectivity index (χ1v) is 10.3. The molecule has 0 aliphatic heterocycles. The smallest absolute Gasteiger partial charge is 0.234 e. The van der Waals surface area contributed by atoms with Gasteiger partial charge < -0.3 is 10.1 Å². The third-order valence-electron chi connectivity index (χ3n) is 4.17. The van der Waals surface area contributed by atoms with Crippen molar-refractivity contribution in [3.63, 3.8) is 0 Å². The number of amides is 1. The maximum absolute atomic E-state index is 12.6. The van der Waals surface area contributed by atoms with Crippen LogP contribution >= 0.6 is 23.4 Å². The van der Waals surface area contributed by atoms with Crippen LogP contribution < -0.4 is 10.1 Å². The molecule has 1 amide bonds. The van der Waals surface area contributed by atoms with Gasteiger partial charge in [-0.3, -0.25) is 9.36 Å². The standard InChI is InChI=1S/C20H17ClN6O2S/c1-29-16-4-2-3-15(10-16)26-8-7-23-20(26)30-11-19(28)25-17-9-14(21)5-6-18(17)27-13-22-12-24-27/h2-10,12-13H,11H2,1H3,(H,25,28). The number of thioether (sulfide) groups is 1. The number of rotatable bonds is 7. The van der Waals surface area contributed by atoms with Gasteiger partial charge in [-0.2, -0.15) is 5.10 Å². The van der Waals surface area contributed by atoms with Crippen molar-refractivity contribution in [3.05, 3.63) is 72.5 Å². The van der Waals surface area contributed by atoms with Crippen molar-refractivity contribution in [2.45, 2.75) is 5.16 Å². The van der Waals surface area contributed by atoms with Crippen molar-refractivity contribution in [2.24, 2.45) is 0 Å². The molecule has 0 spiro atoms.